The summed E-state index contributed by atoms with van der Waals surface area (Å²) in [7, 11) is 0. The summed E-state index contributed by atoms with van der Waals surface area (Å²) in [6, 6.07) is 0.438. The van der Waals surface area contributed by atoms with Gasteiger partial charge in [0, 0.05) is 45.3 Å². The number of unbranched alkanes of at least 4 members (excludes halogenated alkanes) is 8. The maximum Gasteiger partial charge on any atom is 0.222 e. The van der Waals surface area contributed by atoms with Gasteiger partial charge in [-0.05, 0) is 33.6 Å². The molecule has 0 radical (unpaired) electrons. The fourth-order valence-corrected chi connectivity index (χ4v) is 3.16. The molecule has 0 heterocycles. The number of nitrogens with zero attached hydrogens (tertiary/aromatic N) is 1. The maximum atomic E-state index is 12.3. The van der Waals surface area contributed by atoms with E-state index in [1.165, 1.54) is 51.4 Å². The van der Waals surface area contributed by atoms with E-state index in [0.29, 0.717) is 18.4 Å². The van der Waals surface area contributed by atoms with Crippen LogP contribution in [-0.2, 0) is 9.53 Å². The van der Waals surface area contributed by atoms with Gasteiger partial charge in [0.25, 0.3) is 0 Å². The van der Waals surface area contributed by atoms with Crippen molar-refractivity contribution in [3.05, 3.63) is 0 Å². The van der Waals surface area contributed by atoms with Crippen LogP contribution in [0.3, 0.4) is 0 Å². The minimum Gasteiger partial charge on any atom is -0.382 e. The molecule has 156 valence electrons. The molecule has 0 aliphatic rings. The van der Waals surface area contributed by atoms with E-state index in [2.05, 4.69) is 26.1 Å². The van der Waals surface area contributed by atoms with Crippen LogP contribution >= 0.6 is 0 Å². The van der Waals surface area contributed by atoms with Gasteiger partial charge in [0.2, 0.25) is 5.91 Å². The molecule has 0 aliphatic heterocycles. The average Bonchev–Trinajstić information content (AvgIpc) is 2.64. The van der Waals surface area contributed by atoms with Gasteiger partial charge in [-0.3, -0.25) is 4.79 Å². The first-order valence-electron chi connectivity index (χ1n) is 11.2. The monoisotopic (exact) mass is 370 g/mol. The van der Waals surface area contributed by atoms with Crippen LogP contribution in [0.1, 0.15) is 98.3 Å². The van der Waals surface area contributed by atoms with Crippen molar-refractivity contribution in [2.24, 2.45) is 0 Å². The summed E-state index contributed by atoms with van der Waals surface area (Å²) in [5, 5.41) is 3.49. The Labute approximate surface area is 163 Å². The summed E-state index contributed by atoms with van der Waals surface area (Å²) in [6.45, 7) is 12.6. The van der Waals surface area contributed by atoms with Crippen molar-refractivity contribution in [1.82, 2.24) is 10.2 Å². The maximum absolute atomic E-state index is 12.3. The van der Waals surface area contributed by atoms with E-state index < -0.39 is 0 Å². The summed E-state index contributed by atoms with van der Waals surface area (Å²) < 4.78 is 5.38. The van der Waals surface area contributed by atoms with E-state index in [-0.39, 0.29) is 0 Å². The van der Waals surface area contributed by atoms with Crippen LogP contribution in [0, 0.1) is 0 Å². The number of likely N-dealkylation sites (N-methyl/N-ethyl adjacent to an activating group) is 1. The summed E-state index contributed by atoms with van der Waals surface area (Å²) in [6.07, 6.45) is 13.4. The molecule has 4 nitrogen and oxygen atoms in total. The summed E-state index contributed by atoms with van der Waals surface area (Å²) in [5.74, 6) is 0.319. The van der Waals surface area contributed by atoms with E-state index in [0.717, 1.165) is 45.7 Å². The van der Waals surface area contributed by atoms with Gasteiger partial charge in [0.05, 0.1) is 0 Å². The molecule has 0 spiro atoms. The second-order valence-corrected chi connectivity index (χ2v) is 7.39. The Morgan fingerprint density at radius 1 is 0.962 bits per heavy atom. The first kappa shape index (κ1) is 25.4. The minimum atomic E-state index is 0.319. The van der Waals surface area contributed by atoms with Crippen LogP contribution in [0.2, 0.25) is 0 Å². The molecule has 1 unspecified atom stereocenters. The first-order chi connectivity index (χ1) is 12.7. The van der Waals surface area contributed by atoms with Gasteiger partial charge in [-0.2, -0.15) is 0 Å². The van der Waals surface area contributed by atoms with Crippen molar-refractivity contribution >= 4 is 5.91 Å². The van der Waals surface area contributed by atoms with Gasteiger partial charge in [0.15, 0.2) is 0 Å². The predicted molar refractivity (Wildman–Crippen MR) is 113 cm³/mol. The molecule has 0 aromatic heterocycles. The second-order valence-electron chi connectivity index (χ2n) is 7.39. The van der Waals surface area contributed by atoms with Gasteiger partial charge in [-0.15, -0.1) is 0 Å². The molecule has 0 rings (SSSR count). The molecule has 4 heteroatoms. The van der Waals surface area contributed by atoms with Crippen LogP contribution in [0.25, 0.3) is 0 Å². The number of carbonyl (C=O) groups excluding carboxylic acids is 1. The zero-order valence-electron chi connectivity index (χ0n) is 18.2. The van der Waals surface area contributed by atoms with Crippen molar-refractivity contribution in [1.29, 1.82) is 0 Å². The molecule has 0 aromatic rings. The first-order valence-corrected chi connectivity index (χ1v) is 11.2. The second kappa shape index (κ2) is 19.2. The van der Waals surface area contributed by atoms with Crippen LogP contribution in [-0.4, -0.2) is 49.7 Å². The fraction of sp³-hybridized carbons (Fsp3) is 0.955. The standard InChI is InChI=1S/C22H46N2O2/c1-5-8-9-10-11-12-13-14-15-16-22(25)24(6-2)19-18-23-21(4)17-20-26-7-3/h21,23H,5-20H2,1-4H3. The molecule has 0 aromatic carbocycles. The highest BCUT2D eigenvalue weighted by Crippen LogP contribution is 2.11. The Bertz CT molecular complexity index is 311. The number of hydrogen-bond acceptors (Lipinski definition) is 3. The zero-order valence-corrected chi connectivity index (χ0v) is 18.2. The summed E-state index contributed by atoms with van der Waals surface area (Å²) >= 11 is 0. The van der Waals surface area contributed by atoms with E-state index in [1.807, 2.05) is 11.8 Å². The molecule has 0 saturated carbocycles. The van der Waals surface area contributed by atoms with Crippen molar-refractivity contribution in [2.45, 2.75) is 104 Å². The van der Waals surface area contributed by atoms with Crippen LogP contribution in [0.4, 0.5) is 0 Å². The smallest absolute Gasteiger partial charge is 0.222 e. The van der Waals surface area contributed by atoms with E-state index >= 15 is 0 Å². The Kier molecular flexibility index (Phi) is 18.7. The molecule has 1 amide bonds. The summed E-state index contributed by atoms with van der Waals surface area (Å²) in [4.78, 5) is 14.3. The lowest BCUT2D eigenvalue weighted by molar-refractivity contribution is -0.131. The number of carbonyl (C=O) groups is 1. The van der Waals surface area contributed by atoms with E-state index in [4.69, 9.17) is 4.74 Å². The number of nitrogens with one attached hydrogen (secondary N) is 1. The molecule has 1 atom stereocenters. The highest BCUT2D eigenvalue weighted by Gasteiger charge is 2.11. The lowest BCUT2D eigenvalue weighted by Crippen LogP contribution is -2.39. The van der Waals surface area contributed by atoms with Crippen LogP contribution < -0.4 is 5.32 Å². The third kappa shape index (κ3) is 15.6. The van der Waals surface area contributed by atoms with Crippen molar-refractivity contribution in [2.75, 3.05) is 32.8 Å². The van der Waals surface area contributed by atoms with E-state index in [1.54, 1.807) is 0 Å². The predicted octanol–water partition coefficient (Wildman–Crippen LogP) is 5.16. The van der Waals surface area contributed by atoms with Crippen LogP contribution in [0.5, 0.6) is 0 Å². The largest absolute Gasteiger partial charge is 0.382 e. The third-order valence-corrected chi connectivity index (χ3v) is 5.00. The quantitative estimate of drug-likeness (QED) is 0.319. The molecule has 0 saturated heterocycles. The fourth-order valence-electron chi connectivity index (χ4n) is 3.16. The highest BCUT2D eigenvalue weighted by molar-refractivity contribution is 5.76. The normalized spacial score (nSPS) is 12.3. The molecule has 0 bridgehead atoms. The van der Waals surface area contributed by atoms with Gasteiger partial charge in [-0.1, -0.05) is 58.3 Å². The Hall–Kier alpha value is -0.610. The van der Waals surface area contributed by atoms with Gasteiger partial charge in [-0.25, -0.2) is 0 Å². The zero-order chi connectivity index (χ0) is 19.5. The molecular formula is C22H46N2O2. The molecule has 1 N–H and O–H groups in total. The molecule has 26 heavy (non-hydrogen) atoms. The number of amides is 1. The molecule has 0 fully saturated rings. The van der Waals surface area contributed by atoms with Gasteiger partial charge in [0.1, 0.15) is 0 Å². The highest BCUT2D eigenvalue weighted by atomic mass is 16.5. The number of ether oxygens (including phenoxy) is 1. The van der Waals surface area contributed by atoms with Gasteiger partial charge < -0.3 is 15.0 Å². The third-order valence-electron chi connectivity index (χ3n) is 5.00. The summed E-state index contributed by atoms with van der Waals surface area (Å²) in [5.41, 5.74) is 0. The van der Waals surface area contributed by atoms with Crippen LogP contribution in [0.15, 0.2) is 0 Å². The number of hydrogen-bond donors (Lipinski definition) is 1. The minimum absolute atomic E-state index is 0.319. The SMILES string of the molecule is CCCCCCCCCCCC(=O)N(CC)CCNC(C)CCOCC. The van der Waals surface area contributed by atoms with Crippen molar-refractivity contribution in [3.63, 3.8) is 0 Å². The Morgan fingerprint density at radius 3 is 2.15 bits per heavy atom. The Morgan fingerprint density at radius 2 is 1.58 bits per heavy atom. The average molecular weight is 371 g/mol. The molecular weight excluding hydrogens is 324 g/mol. The van der Waals surface area contributed by atoms with E-state index in [9.17, 15) is 4.79 Å². The number of rotatable bonds is 19. The van der Waals surface area contributed by atoms with Gasteiger partial charge >= 0.3 is 0 Å². The Balaban J connectivity index is 3.64. The lowest BCUT2D eigenvalue weighted by atomic mass is 10.1. The lowest BCUT2D eigenvalue weighted by Gasteiger charge is -2.22. The van der Waals surface area contributed by atoms with Crippen molar-refractivity contribution in [3.8, 4) is 0 Å². The van der Waals surface area contributed by atoms with Crippen molar-refractivity contribution < 1.29 is 9.53 Å². The topological polar surface area (TPSA) is 41.6 Å². The molecule has 0 aliphatic carbocycles.